The van der Waals surface area contributed by atoms with Gasteiger partial charge in [-0.15, -0.1) is 0 Å². The van der Waals surface area contributed by atoms with Crippen LogP contribution < -0.4 is 5.32 Å². The lowest BCUT2D eigenvalue weighted by Crippen LogP contribution is -2.00. The van der Waals surface area contributed by atoms with Crippen molar-refractivity contribution in [1.29, 1.82) is 0 Å². The van der Waals surface area contributed by atoms with Crippen LogP contribution in [0.1, 0.15) is 11.1 Å². The van der Waals surface area contributed by atoms with Crippen LogP contribution in [0.2, 0.25) is 0 Å². The summed E-state index contributed by atoms with van der Waals surface area (Å²) in [5, 5.41) is 3.31. The van der Waals surface area contributed by atoms with E-state index in [4.69, 9.17) is 0 Å². The maximum Gasteiger partial charge on any atom is 0.161 e. The Morgan fingerprint density at radius 1 is 0.905 bits per heavy atom. The van der Waals surface area contributed by atoms with E-state index in [1.54, 1.807) is 12.4 Å². The van der Waals surface area contributed by atoms with Crippen molar-refractivity contribution in [3.8, 4) is 11.4 Å². The Balaban J connectivity index is 1.99. The highest BCUT2D eigenvalue weighted by Crippen LogP contribution is 2.23. The second-order valence-corrected chi connectivity index (χ2v) is 4.90. The average Bonchev–Trinajstić information content (AvgIpc) is 2.51. The molecule has 1 aromatic carbocycles. The van der Waals surface area contributed by atoms with Crippen LogP contribution in [0.25, 0.3) is 11.4 Å². The van der Waals surface area contributed by atoms with Crippen molar-refractivity contribution in [1.82, 2.24) is 15.0 Å². The van der Waals surface area contributed by atoms with Crippen LogP contribution in [-0.4, -0.2) is 15.0 Å². The van der Waals surface area contributed by atoms with E-state index < -0.39 is 0 Å². The minimum absolute atomic E-state index is 0.732. The predicted molar refractivity (Wildman–Crippen MR) is 84.5 cm³/mol. The number of pyridine rings is 1. The number of anilines is 2. The summed E-state index contributed by atoms with van der Waals surface area (Å²) < 4.78 is 0. The topological polar surface area (TPSA) is 50.7 Å². The molecule has 0 amide bonds. The zero-order chi connectivity index (χ0) is 14.7. The fraction of sp³-hybridized carbons (Fsp3) is 0.118. The molecule has 3 aromatic rings. The van der Waals surface area contributed by atoms with E-state index >= 15 is 0 Å². The van der Waals surface area contributed by atoms with Crippen molar-refractivity contribution in [3.63, 3.8) is 0 Å². The first-order valence-electron chi connectivity index (χ1n) is 6.81. The Bertz CT molecular complexity index is 754. The van der Waals surface area contributed by atoms with Gasteiger partial charge >= 0.3 is 0 Å². The fourth-order valence-corrected chi connectivity index (χ4v) is 2.09. The Hall–Kier alpha value is -2.75. The highest BCUT2D eigenvalue weighted by atomic mass is 15.0. The lowest BCUT2D eigenvalue weighted by atomic mass is 10.1. The number of nitrogens with zero attached hydrogens (tertiary/aromatic N) is 3. The molecular formula is C17H16N4. The summed E-state index contributed by atoms with van der Waals surface area (Å²) in [6.07, 6.45) is 5.35. The number of rotatable bonds is 3. The molecular weight excluding hydrogens is 260 g/mol. The fourth-order valence-electron chi connectivity index (χ4n) is 2.09. The SMILES string of the molecule is Cc1ccccc1-c1ncc(C)c(Nc2ccncc2)n1. The molecule has 0 saturated heterocycles. The van der Waals surface area contributed by atoms with Gasteiger partial charge in [0.1, 0.15) is 5.82 Å². The summed E-state index contributed by atoms with van der Waals surface area (Å²) >= 11 is 0. The number of hydrogen-bond acceptors (Lipinski definition) is 4. The lowest BCUT2D eigenvalue weighted by Gasteiger charge is -2.10. The smallest absolute Gasteiger partial charge is 0.161 e. The van der Waals surface area contributed by atoms with Crippen molar-refractivity contribution < 1.29 is 0 Å². The van der Waals surface area contributed by atoms with Crippen molar-refractivity contribution in [2.75, 3.05) is 5.32 Å². The zero-order valence-electron chi connectivity index (χ0n) is 12.0. The van der Waals surface area contributed by atoms with E-state index in [2.05, 4.69) is 33.3 Å². The van der Waals surface area contributed by atoms with E-state index in [0.717, 1.165) is 34.0 Å². The molecule has 2 heterocycles. The highest BCUT2D eigenvalue weighted by molar-refractivity contribution is 5.65. The number of aromatic nitrogens is 3. The monoisotopic (exact) mass is 276 g/mol. The Morgan fingerprint density at radius 3 is 2.43 bits per heavy atom. The largest absolute Gasteiger partial charge is 0.340 e. The van der Waals surface area contributed by atoms with Gasteiger partial charge in [0.15, 0.2) is 5.82 Å². The molecule has 0 unspecified atom stereocenters. The number of nitrogens with one attached hydrogen (secondary N) is 1. The van der Waals surface area contributed by atoms with Gasteiger partial charge < -0.3 is 5.32 Å². The molecule has 3 rings (SSSR count). The summed E-state index contributed by atoms with van der Waals surface area (Å²) in [7, 11) is 0. The maximum atomic E-state index is 4.66. The molecule has 21 heavy (non-hydrogen) atoms. The summed E-state index contributed by atoms with van der Waals surface area (Å²) in [5.74, 6) is 1.55. The van der Waals surface area contributed by atoms with Gasteiger partial charge in [-0.3, -0.25) is 4.98 Å². The number of hydrogen-bond donors (Lipinski definition) is 1. The van der Waals surface area contributed by atoms with E-state index in [1.165, 1.54) is 0 Å². The van der Waals surface area contributed by atoms with Crippen molar-refractivity contribution >= 4 is 11.5 Å². The molecule has 0 spiro atoms. The quantitative estimate of drug-likeness (QED) is 0.788. The normalized spacial score (nSPS) is 10.4. The minimum Gasteiger partial charge on any atom is -0.340 e. The zero-order valence-corrected chi connectivity index (χ0v) is 12.0. The highest BCUT2D eigenvalue weighted by Gasteiger charge is 2.08. The second-order valence-electron chi connectivity index (χ2n) is 4.90. The minimum atomic E-state index is 0.732. The first-order chi connectivity index (χ1) is 10.2. The van der Waals surface area contributed by atoms with E-state index in [1.807, 2.05) is 43.5 Å². The molecule has 0 atom stereocenters. The van der Waals surface area contributed by atoms with E-state index in [9.17, 15) is 0 Å². The Kier molecular flexibility index (Phi) is 3.60. The van der Waals surface area contributed by atoms with Crippen LogP contribution in [0.5, 0.6) is 0 Å². The van der Waals surface area contributed by atoms with Crippen LogP contribution in [0, 0.1) is 13.8 Å². The molecule has 4 heteroatoms. The lowest BCUT2D eigenvalue weighted by molar-refractivity contribution is 1.13. The Labute approximate surface area is 123 Å². The van der Waals surface area contributed by atoms with Gasteiger partial charge in [0, 0.05) is 35.4 Å². The summed E-state index contributed by atoms with van der Waals surface area (Å²) in [6, 6.07) is 11.9. The molecule has 0 aliphatic heterocycles. The van der Waals surface area contributed by atoms with Gasteiger partial charge in [-0.05, 0) is 31.5 Å². The number of aryl methyl sites for hydroxylation is 2. The Morgan fingerprint density at radius 2 is 1.67 bits per heavy atom. The molecule has 2 aromatic heterocycles. The van der Waals surface area contributed by atoms with Crippen LogP contribution >= 0.6 is 0 Å². The first-order valence-corrected chi connectivity index (χ1v) is 6.81. The van der Waals surface area contributed by atoms with E-state index in [0.29, 0.717) is 0 Å². The molecule has 0 saturated carbocycles. The van der Waals surface area contributed by atoms with Gasteiger partial charge in [0.25, 0.3) is 0 Å². The molecule has 1 N–H and O–H groups in total. The molecule has 0 bridgehead atoms. The van der Waals surface area contributed by atoms with Crippen molar-refractivity contribution in [2.24, 2.45) is 0 Å². The third-order valence-corrected chi connectivity index (χ3v) is 3.30. The first kappa shape index (κ1) is 13.2. The summed E-state index contributed by atoms with van der Waals surface area (Å²) in [5.41, 5.74) is 4.18. The van der Waals surface area contributed by atoms with Gasteiger partial charge in [0.05, 0.1) is 0 Å². The van der Waals surface area contributed by atoms with Gasteiger partial charge in [-0.1, -0.05) is 24.3 Å². The molecule has 0 aliphatic carbocycles. The molecule has 4 nitrogen and oxygen atoms in total. The average molecular weight is 276 g/mol. The standard InChI is InChI=1S/C17H16N4/c1-12-5-3-4-6-15(12)17-19-11-13(2)16(21-17)20-14-7-9-18-10-8-14/h3-11H,1-2H3,(H,18,19,20,21). The molecule has 0 fully saturated rings. The molecule has 0 aliphatic rings. The van der Waals surface area contributed by atoms with Crippen LogP contribution in [0.15, 0.2) is 55.0 Å². The predicted octanol–water partition coefficient (Wildman–Crippen LogP) is 3.90. The van der Waals surface area contributed by atoms with Gasteiger partial charge in [-0.25, -0.2) is 9.97 Å². The molecule has 0 radical (unpaired) electrons. The maximum absolute atomic E-state index is 4.66. The van der Waals surface area contributed by atoms with Crippen LogP contribution in [0.4, 0.5) is 11.5 Å². The summed E-state index contributed by atoms with van der Waals surface area (Å²) in [4.78, 5) is 13.1. The second kappa shape index (κ2) is 5.71. The third-order valence-electron chi connectivity index (χ3n) is 3.30. The van der Waals surface area contributed by atoms with Crippen molar-refractivity contribution in [3.05, 3.63) is 66.1 Å². The summed E-state index contributed by atoms with van der Waals surface area (Å²) in [6.45, 7) is 4.06. The van der Waals surface area contributed by atoms with Gasteiger partial charge in [0.2, 0.25) is 0 Å². The van der Waals surface area contributed by atoms with Crippen molar-refractivity contribution in [2.45, 2.75) is 13.8 Å². The van der Waals surface area contributed by atoms with Gasteiger partial charge in [-0.2, -0.15) is 0 Å². The molecule has 104 valence electrons. The van der Waals surface area contributed by atoms with E-state index in [-0.39, 0.29) is 0 Å². The number of benzene rings is 1. The third kappa shape index (κ3) is 2.89. The van der Waals surface area contributed by atoms with Crippen LogP contribution in [-0.2, 0) is 0 Å². The van der Waals surface area contributed by atoms with Crippen LogP contribution in [0.3, 0.4) is 0 Å².